The molecule has 0 spiro atoms. The maximum atomic E-state index is 14.4. The van der Waals surface area contributed by atoms with Crippen molar-refractivity contribution >= 4 is 31.2 Å². The molecule has 2 atom stereocenters. The Morgan fingerprint density at radius 2 is 1.00 bits per heavy atom. The number of hydrogen-bond acceptors (Lipinski definition) is 12. The lowest BCUT2D eigenvalue weighted by Gasteiger charge is -2.38. The van der Waals surface area contributed by atoms with Crippen molar-refractivity contribution in [2.24, 2.45) is 11.8 Å². The highest BCUT2D eigenvalue weighted by molar-refractivity contribution is 7.51. The van der Waals surface area contributed by atoms with E-state index in [1.807, 2.05) is 0 Å². The van der Waals surface area contributed by atoms with Crippen LogP contribution >= 0.6 is 7.60 Å². The van der Waals surface area contributed by atoms with Crippen LogP contribution in [0.25, 0.3) is 0 Å². The number of carbonyl (C=O) groups excluding carboxylic acids is 4. The summed E-state index contributed by atoms with van der Waals surface area (Å²) in [6.45, 7) is 5.06. The minimum absolute atomic E-state index is 0.00664. The standard InChI is InChI=1S/C42H67N4O13P/c1-5-23-53-29-32-56-26-20-43-37(47)11-14-41(15-12-38(48)44-21-27-57-33-30-54-24-6-2,16-13-39(49)45-22-28-58-34-31-55-25-7-3)46-40(50)36-10-19-42(59-60(4,51)52)17-8-35(36)9-18-42/h1-3,35-36H,8-34H2,4H3,(H,43,47)(H,44,48)(H,45,49)(H,46,50)(H,51,52). The Kier molecular flexibility index (Phi) is 26.7. The summed E-state index contributed by atoms with van der Waals surface area (Å²) in [5.41, 5.74) is -1.91. The van der Waals surface area contributed by atoms with Gasteiger partial charge in [0.15, 0.2) is 0 Å². The lowest BCUT2D eigenvalue weighted by atomic mass is 9.77. The molecule has 60 heavy (non-hydrogen) atoms. The molecule has 0 aliphatic heterocycles. The molecule has 0 aromatic heterocycles. The summed E-state index contributed by atoms with van der Waals surface area (Å²) in [6.07, 6.45) is 19.2. The van der Waals surface area contributed by atoms with Gasteiger partial charge in [0.1, 0.15) is 19.8 Å². The SMILES string of the molecule is C#CCOCCOCCNC(=O)CCC(CCC(=O)NCCOCCOCC#C)(CCC(=O)NCCOCCOCC#C)NC(=O)C1CCC2(OP(C)(=O)O)CCC1CC2. The van der Waals surface area contributed by atoms with Gasteiger partial charge in [-0.3, -0.25) is 23.7 Å². The van der Waals surface area contributed by atoms with Crippen LogP contribution in [-0.4, -0.2) is 145 Å². The topological polar surface area (TPSA) is 218 Å². The van der Waals surface area contributed by atoms with Crippen molar-refractivity contribution in [2.75, 3.05) is 106 Å². The van der Waals surface area contributed by atoms with Crippen LogP contribution in [0.3, 0.4) is 0 Å². The Morgan fingerprint density at radius 3 is 1.37 bits per heavy atom. The average molecular weight is 867 g/mol. The summed E-state index contributed by atoms with van der Waals surface area (Å²) in [5.74, 6) is 5.59. The number of fused-ring (bicyclic) bond motifs is 4. The van der Waals surface area contributed by atoms with E-state index >= 15 is 0 Å². The largest absolute Gasteiger partial charge is 0.377 e. The predicted molar refractivity (Wildman–Crippen MR) is 223 cm³/mol. The summed E-state index contributed by atoms with van der Waals surface area (Å²) in [7, 11) is -3.77. The van der Waals surface area contributed by atoms with Crippen molar-refractivity contribution in [3.8, 4) is 37.0 Å². The third kappa shape index (κ3) is 23.5. The molecule has 338 valence electrons. The second-order valence-electron chi connectivity index (χ2n) is 15.0. The molecule has 4 amide bonds. The zero-order chi connectivity index (χ0) is 44.0. The molecule has 2 unspecified atom stereocenters. The molecule has 0 heterocycles. The maximum absolute atomic E-state index is 14.4. The van der Waals surface area contributed by atoms with Gasteiger partial charge in [-0.1, -0.05) is 17.8 Å². The monoisotopic (exact) mass is 866 g/mol. The molecule has 3 saturated carbocycles. The normalized spacial score (nSPS) is 19.4. The number of nitrogens with one attached hydrogen (secondary N) is 4. The van der Waals surface area contributed by atoms with Gasteiger partial charge in [0.2, 0.25) is 23.6 Å². The first kappa shape index (κ1) is 52.6. The van der Waals surface area contributed by atoms with Crippen molar-refractivity contribution < 1.29 is 61.6 Å². The fraction of sp³-hybridized carbons (Fsp3) is 0.762. The Labute approximate surface area is 356 Å². The van der Waals surface area contributed by atoms with E-state index in [2.05, 4.69) is 39.0 Å². The van der Waals surface area contributed by atoms with E-state index in [4.69, 9.17) is 52.2 Å². The van der Waals surface area contributed by atoms with Crippen LogP contribution in [0.15, 0.2) is 0 Å². The van der Waals surface area contributed by atoms with E-state index in [1.54, 1.807) is 0 Å². The fourth-order valence-corrected chi connectivity index (χ4v) is 8.39. The quantitative estimate of drug-likeness (QED) is 0.0354. The predicted octanol–water partition coefficient (Wildman–Crippen LogP) is 1.70. The van der Waals surface area contributed by atoms with Gasteiger partial charge in [0.05, 0.1) is 65.1 Å². The van der Waals surface area contributed by atoms with Gasteiger partial charge >= 0.3 is 7.60 Å². The van der Waals surface area contributed by atoms with Crippen LogP contribution in [0.5, 0.6) is 0 Å². The summed E-state index contributed by atoms with van der Waals surface area (Å²) >= 11 is 0. The zero-order valence-corrected chi connectivity index (χ0v) is 36.2. The summed E-state index contributed by atoms with van der Waals surface area (Å²) < 4.78 is 50.1. The number of ether oxygens (including phenoxy) is 6. The Bertz CT molecular complexity index is 1350. The molecule has 3 aliphatic rings. The molecule has 2 bridgehead atoms. The third-order valence-electron chi connectivity index (χ3n) is 10.4. The van der Waals surface area contributed by atoms with Crippen LogP contribution < -0.4 is 21.3 Å². The second-order valence-corrected chi connectivity index (χ2v) is 16.8. The zero-order valence-electron chi connectivity index (χ0n) is 35.3. The van der Waals surface area contributed by atoms with Crippen molar-refractivity contribution in [1.82, 2.24) is 21.3 Å². The van der Waals surface area contributed by atoms with E-state index in [0.29, 0.717) is 78.2 Å². The molecule has 0 aromatic rings. The van der Waals surface area contributed by atoms with Crippen molar-refractivity contribution in [3.05, 3.63) is 0 Å². The molecule has 0 saturated heterocycles. The van der Waals surface area contributed by atoms with Crippen molar-refractivity contribution in [1.29, 1.82) is 0 Å². The minimum atomic E-state index is -3.77. The van der Waals surface area contributed by atoms with Crippen LogP contribution in [-0.2, 0) is 56.7 Å². The summed E-state index contributed by atoms with van der Waals surface area (Å²) in [4.78, 5) is 64.1. The number of rotatable bonds is 34. The molecule has 3 aliphatic carbocycles. The maximum Gasteiger partial charge on any atom is 0.325 e. The molecule has 18 heteroatoms. The van der Waals surface area contributed by atoms with Gasteiger partial charge in [0.25, 0.3) is 0 Å². The minimum Gasteiger partial charge on any atom is -0.377 e. The van der Waals surface area contributed by atoms with E-state index in [0.717, 1.165) is 0 Å². The van der Waals surface area contributed by atoms with Crippen LogP contribution in [0, 0.1) is 48.9 Å². The number of carbonyl (C=O) groups is 4. The first-order valence-electron chi connectivity index (χ1n) is 20.8. The smallest absolute Gasteiger partial charge is 0.325 e. The Morgan fingerprint density at radius 1 is 0.633 bits per heavy atom. The van der Waals surface area contributed by atoms with Gasteiger partial charge in [0, 0.05) is 57.0 Å². The number of amides is 4. The van der Waals surface area contributed by atoms with E-state index in [1.165, 1.54) is 6.66 Å². The Balaban J connectivity index is 2.19. The molecular formula is C42H67N4O13P. The molecule has 3 rings (SSSR count). The van der Waals surface area contributed by atoms with Gasteiger partial charge in [-0.2, -0.15) is 0 Å². The van der Waals surface area contributed by atoms with Crippen LogP contribution in [0.4, 0.5) is 0 Å². The molecular weight excluding hydrogens is 799 g/mol. The second kappa shape index (κ2) is 30.5. The highest BCUT2D eigenvalue weighted by Crippen LogP contribution is 2.54. The van der Waals surface area contributed by atoms with Gasteiger partial charge in [-0.05, 0) is 63.7 Å². The van der Waals surface area contributed by atoms with Gasteiger partial charge in [-0.25, -0.2) is 0 Å². The van der Waals surface area contributed by atoms with Crippen molar-refractivity contribution in [3.63, 3.8) is 0 Å². The van der Waals surface area contributed by atoms with Crippen molar-refractivity contribution in [2.45, 2.75) is 88.2 Å². The summed E-state index contributed by atoms with van der Waals surface area (Å²) in [6, 6.07) is 0. The molecule has 0 radical (unpaired) electrons. The van der Waals surface area contributed by atoms with Crippen LogP contribution in [0.1, 0.15) is 77.0 Å². The van der Waals surface area contributed by atoms with Gasteiger partial charge < -0.3 is 59.1 Å². The number of hydrogen-bond donors (Lipinski definition) is 5. The molecule has 3 fully saturated rings. The Hall–Kier alpha value is -3.53. The van der Waals surface area contributed by atoms with Crippen LogP contribution in [0.2, 0.25) is 0 Å². The molecule has 0 aromatic carbocycles. The first-order chi connectivity index (χ1) is 28.9. The number of terminal acetylenes is 3. The van der Waals surface area contributed by atoms with E-state index in [9.17, 15) is 28.6 Å². The van der Waals surface area contributed by atoms with E-state index in [-0.39, 0.29) is 127 Å². The fourth-order valence-electron chi connectivity index (χ4n) is 7.40. The summed E-state index contributed by atoms with van der Waals surface area (Å²) in [5, 5.41) is 11.8. The lowest BCUT2D eigenvalue weighted by molar-refractivity contribution is -0.131. The first-order valence-corrected chi connectivity index (χ1v) is 22.8. The lowest BCUT2D eigenvalue weighted by Crippen LogP contribution is -2.53. The molecule has 17 nitrogen and oxygen atoms in total. The molecule has 5 N–H and O–H groups in total. The van der Waals surface area contributed by atoms with E-state index < -0.39 is 24.7 Å². The highest BCUT2D eigenvalue weighted by atomic mass is 31.2. The van der Waals surface area contributed by atoms with Gasteiger partial charge in [-0.15, -0.1) is 19.3 Å². The average Bonchev–Trinajstić information content (AvgIpc) is 3.50. The highest BCUT2D eigenvalue weighted by Gasteiger charge is 2.48. The third-order valence-corrected chi connectivity index (χ3v) is 11.1.